The molecule has 1 aromatic carbocycles. The lowest BCUT2D eigenvalue weighted by Crippen LogP contribution is -2.78. The van der Waals surface area contributed by atoms with Gasteiger partial charge in [-0.25, -0.2) is 9.80 Å². The number of benzene rings is 1. The number of aromatic hydroxyl groups is 1. The summed E-state index contributed by atoms with van der Waals surface area (Å²) in [7, 11) is 0. The first-order valence-electron chi connectivity index (χ1n) is 8.69. The fourth-order valence-electron chi connectivity index (χ4n) is 3.65. The van der Waals surface area contributed by atoms with E-state index in [1.807, 2.05) is 0 Å². The molecule has 0 spiro atoms. The molecule has 144 valence electrons. The summed E-state index contributed by atoms with van der Waals surface area (Å²) in [6, 6.07) is 4.28. The Balaban J connectivity index is 1.95. The van der Waals surface area contributed by atoms with Gasteiger partial charge < -0.3 is 21.1 Å². The molecule has 0 bridgehead atoms. The van der Waals surface area contributed by atoms with Crippen molar-refractivity contribution in [3.63, 3.8) is 0 Å². The lowest BCUT2D eigenvalue weighted by molar-refractivity contribution is -0.188. The molecule has 0 aromatic heterocycles. The number of fused-ring (bicyclic) bond motifs is 1. The number of carbonyl (C=O) groups excluding carboxylic acids is 3. The molecule has 0 saturated carbocycles. The number of urea groups is 1. The monoisotopic (exact) mass is 373 g/mol. The minimum Gasteiger partial charge on any atom is -0.508 e. The van der Waals surface area contributed by atoms with Gasteiger partial charge in [0.15, 0.2) is 0 Å². The van der Waals surface area contributed by atoms with Crippen LogP contribution in [-0.2, 0) is 16.0 Å². The first kappa shape index (κ1) is 18.7. The Bertz CT molecular complexity index is 766. The molecule has 2 saturated heterocycles. The number of nitrogens with two attached hydrogens (primary N) is 1. The van der Waals surface area contributed by atoms with Crippen LogP contribution >= 0.6 is 0 Å². The zero-order valence-corrected chi connectivity index (χ0v) is 15.0. The molecule has 0 radical (unpaired) electrons. The highest BCUT2D eigenvalue weighted by atomic mass is 16.3. The third-order valence-electron chi connectivity index (χ3n) is 4.94. The average molecular weight is 373 g/mol. The van der Waals surface area contributed by atoms with Gasteiger partial charge in [0, 0.05) is 13.0 Å². The van der Waals surface area contributed by atoms with Crippen LogP contribution in [0.15, 0.2) is 36.9 Å². The maximum Gasteiger partial charge on any atom is 0.331 e. The van der Waals surface area contributed by atoms with Crippen molar-refractivity contribution >= 4 is 17.8 Å². The topological polar surface area (TPSA) is 119 Å². The van der Waals surface area contributed by atoms with E-state index < -0.39 is 24.3 Å². The molecule has 9 heteroatoms. The zero-order valence-electron chi connectivity index (χ0n) is 15.0. The molecule has 2 fully saturated rings. The number of phenols is 1. The van der Waals surface area contributed by atoms with Crippen molar-refractivity contribution in [3.05, 3.63) is 42.5 Å². The van der Waals surface area contributed by atoms with Crippen molar-refractivity contribution in [2.24, 2.45) is 5.73 Å². The maximum absolute atomic E-state index is 13.1. The second-order valence-electron chi connectivity index (χ2n) is 6.63. The maximum atomic E-state index is 13.1. The highest BCUT2D eigenvalue weighted by molar-refractivity contribution is 5.92. The number of hydrogen-bond donors (Lipinski definition) is 3. The Morgan fingerprint density at radius 3 is 2.63 bits per heavy atom. The third-order valence-corrected chi connectivity index (χ3v) is 4.94. The summed E-state index contributed by atoms with van der Waals surface area (Å²) in [6.45, 7) is 5.71. The standard InChI is InChI=1S/C18H23N5O4/c1-3-8-21-11(2)17(26)22-14(9-12-4-6-13(24)7-5-12)16(25)20-10-15(22)23(21)18(19)27/h3-7,11,14-15,24H,1,8-10H2,2H3,(H2,19,27)(H,20,25). The summed E-state index contributed by atoms with van der Waals surface area (Å²) >= 11 is 0. The second kappa shape index (κ2) is 7.28. The summed E-state index contributed by atoms with van der Waals surface area (Å²) in [5, 5.41) is 15.1. The van der Waals surface area contributed by atoms with Gasteiger partial charge in [-0.05, 0) is 24.6 Å². The smallest absolute Gasteiger partial charge is 0.331 e. The molecule has 3 atom stereocenters. The van der Waals surface area contributed by atoms with Crippen molar-refractivity contribution in [1.82, 2.24) is 20.2 Å². The molecule has 1 aromatic rings. The summed E-state index contributed by atoms with van der Waals surface area (Å²) in [6.07, 6.45) is 1.14. The first-order valence-corrected chi connectivity index (χ1v) is 8.69. The summed E-state index contributed by atoms with van der Waals surface area (Å²) in [5.74, 6) is -0.424. The Hall–Kier alpha value is -3.07. The number of nitrogens with one attached hydrogen (secondary N) is 1. The van der Waals surface area contributed by atoms with Gasteiger partial charge in [-0.15, -0.1) is 6.58 Å². The van der Waals surface area contributed by atoms with Gasteiger partial charge in [0.2, 0.25) is 11.8 Å². The van der Waals surface area contributed by atoms with E-state index in [1.165, 1.54) is 22.0 Å². The van der Waals surface area contributed by atoms with Gasteiger partial charge in [0.1, 0.15) is 24.0 Å². The molecule has 4 N–H and O–H groups in total. The number of hydrazine groups is 1. The van der Waals surface area contributed by atoms with E-state index in [1.54, 1.807) is 30.1 Å². The number of piperazine rings is 1. The molecule has 27 heavy (non-hydrogen) atoms. The van der Waals surface area contributed by atoms with E-state index in [2.05, 4.69) is 11.9 Å². The molecule has 4 amide bonds. The molecule has 0 aliphatic carbocycles. The summed E-state index contributed by atoms with van der Waals surface area (Å²) < 4.78 is 0. The fraction of sp³-hybridized carbons (Fsp3) is 0.389. The van der Waals surface area contributed by atoms with Gasteiger partial charge in [-0.1, -0.05) is 18.2 Å². The highest BCUT2D eigenvalue weighted by Crippen LogP contribution is 2.28. The quantitative estimate of drug-likeness (QED) is 0.630. The summed E-state index contributed by atoms with van der Waals surface area (Å²) in [4.78, 5) is 39.2. The highest BCUT2D eigenvalue weighted by Gasteiger charge is 2.51. The predicted molar refractivity (Wildman–Crippen MR) is 97.0 cm³/mol. The minimum atomic E-state index is -0.782. The fourth-order valence-corrected chi connectivity index (χ4v) is 3.65. The van der Waals surface area contributed by atoms with E-state index in [0.29, 0.717) is 0 Å². The van der Waals surface area contributed by atoms with Gasteiger partial charge in [-0.2, -0.15) is 5.01 Å². The summed E-state index contributed by atoms with van der Waals surface area (Å²) in [5.41, 5.74) is 6.37. The van der Waals surface area contributed by atoms with E-state index in [9.17, 15) is 19.5 Å². The molecule has 2 aliphatic rings. The average Bonchev–Trinajstić information content (AvgIpc) is 2.63. The van der Waals surface area contributed by atoms with Gasteiger partial charge in [0.25, 0.3) is 0 Å². The second-order valence-corrected chi connectivity index (χ2v) is 6.63. The van der Waals surface area contributed by atoms with E-state index in [4.69, 9.17) is 5.73 Å². The van der Waals surface area contributed by atoms with Crippen molar-refractivity contribution in [3.8, 4) is 5.75 Å². The van der Waals surface area contributed by atoms with Crippen molar-refractivity contribution in [2.75, 3.05) is 13.1 Å². The van der Waals surface area contributed by atoms with Gasteiger partial charge >= 0.3 is 6.03 Å². The molecule has 3 unspecified atom stereocenters. The number of amides is 4. The minimum absolute atomic E-state index is 0.0972. The molecule has 2 aliphatic heterocycles. The van der Waals surface area contributed by atoms with Crippen LogP contribution in [-0.4, -0.2) is 69.2 Å². The van der Waals surface area contributed by atoms with Crippen LogP contribution < -0.4 is 11.1 Å². The Labute approximate surface area is 157 Å². The molecular weight excluding hydrogens is 350 g/mol. The molecule has 9 nitrogen and oxygen atoms in total. The molecule has 3 rings (SSSR count). The van der Waals surface area contributed by atoms with Crippen molar-refractivity contribution in [1.29, 1.82) is 0 Å². The van der Waals surface area contributed by atoms with Crippen molar-refractivity contribution in [2.45, 2.75) is 31.6 Å². The Morgan fingerprint density at radius 1 is 1.37 bits per heavy atom. The van der Waals surface area contributed by atoms with E-state index in [0.717, 1.165) is 5.56 Å². The van der Waals surface area contributed by atoms with E-state index >= 15 is 0 Å². The SMILES string of the molecule is C=CCN1C(C)C(=O)N2C(Cc3ccc(O)cc3)C(=O)NCC2N1C(N)=O. The van der Waals surface area contributed by atoms with Crippen LogP contribution in [0.4, 0.5) is 4.79 Å². The van der Waals surface area contributed by atoms with Crippen LogP contribution in [0.3, 0.4) is 0 Å². The molecular formula is C18H23N5O4. The molecule has 2 heterocycles. The van der Waals surface area contributed by atoms with Crippen LogP contribution in [0.2, 0.25) is 0 Å². The number of phenolic OH excluding ortho intramolecular Hbond substituents is 1. The van der Waals surface area contributed by atoms with Crippen LogP contribution in [0.25, 0.3) is 0 Å². The normalized spacial score (nSPS) is 25.7. The number of rotatable bonds is 4. The lowest BCUT2D eigenvalue weighted by Gasteiger charge is -2.54. The Kier molecular flexibility index (Phi) is 5.04. The van der Waals surface area contributed by atoms with Crippen molar-refractivity contribution < 1.29 is 19.5 Å². The van der Waals surface area contributed by atoms with Crippen LogP contribution in [0.1, 0.15) is 12.5 Å². The largest absolute Gasteiger partial charge is 0.508 e. The van der Waals surface area contributed by atoms with Gasteiger partial charge in [-0.3, -0.25) is 9.59 Å². The van der Waals surface area contributed by atoms with Crippen LogP contribution in [0, 0.1) is 0 Å². The van der Waals surface area contributed by atoms with E-state index in [-0.39, 0.29) is 37.1 Å². The number of carbonyl (C=O) groups is 3. The number of primary amides is 1. The first-order chi connectivity index (χ1) is 12.8. The zero-order chi connectivity index (χ0) is 19.7. The predicted octanol–water partition coefficient (Wildman–Crippen LogP) is -0.226. The van der Waals surface area contributed by atoms with Crippen LogP contribution in [0.5, 0.6) is 5.75 Å². The third kappa shape index (κ3) is 3.33. The number of hydrogen-bond acceptors (Lipinski definition) is 5. The lowest BCUT2D eigenvalue weighted by atomic mass is 9.98. The van der Waals surface area contributed by atoms with Gasteiger partial charge in [0.05, 0.1) is 6.54 Å². The number of nitrogens with zero attached hydrogens (tertiary/aromatic N) is 3. The Morgan fingerprint density at radius 2 is 2.04 bits per heavy atom.